The second kappa shape index (κ2) is 5.11. The van der Waals surface area contributed by atoms with Gasteiger partial charge in [-0.3, -0.25) is 4.79 Å². The highest BCUT2D eigenvalue weighted by molar-refractivity contribution is 5.90. The molecule has 1 saturated heterocycles. The second-order valence-corrected chi connectivity index (χ2v) is 5.09. The van der Waals surface area contributed by atoms with E-state index in [2.05, 4.69) is 19.9 Å². The van der Waals surface area contributed by atoms with Gasteiger partial charge in [-0.1, -0.05) is 0 Å². The fourth-order valence-electron chi connectivity index (χ4n) is 2.62. The molecule has 0 spiro atoms. The average Bonchev–Trinajstić information content (AvgIpc) is 3.04. The molecule has 1 atom stereocenters. The molecular formula is C12H13F3N6O. The van der Waals surface area contributed by atoms with E-state index in [1.54, 1.807) is 11.9 Å². The highest BCUT2D eigenvalue weighted by atomic mass is 19.4. The van der Waals surface area contributed by atoms with Gasteiger partial charge in [-0.2, -0.15) is 13.2 Å². The molecule has 2 aromatic heterocycles. The molecule has 3 rings (SSSR count). The molecule has 1 unspecified atom stereocenters. The molecule has 1 aliphatic heterocycles. The van der Waals surface area contributed by atoms with Gasteiger partial charge in [0.2, 0.25) is 5.91 Å². The number of imidazole rings is 1. The van der Waals surface area contributed by atoms with Crippen LogP contribution in [0.5, 0.6) is 0 Å². The van der Waals surface area contributed by atoms with E-state index in [1.807, 2.05) is 0 Å². The van der Waals surface area contributed by atoms with E-state index >= 15 is 0 Å². The van der Waals surface area contributed by atoms with Gasteiger partial charge in [0.15, 0.2) is 11.5 Å². The van der Waals surface area contributed by atoms with E-state index in [0.717, 1.165) is 4.90 Å². The molecule has 0 bridgehead atoms. The minimum Gasteiger partial charge on any atom is -0.346 e. The van der Waals surface area contributed by atoms with Crippen molar-refractivity contribution in [3.8, 4) is 0 Å². The molecule has 1 aliphatic rings. The lowest BCUT2D eigenvalue weighted by Crippen LogP contribution is -2.43. The number of fused-ring (bicyclic) bond motifs is 1. The van der Waals surface area contributed by atoms with Gasteiger partial charge >= 0.3 is 6.18 Å². The molecule has 0 saturated carbocycles. The summed E-state index contributed by atoms with van der Waals surface area (Å²) >= 11 is 0. The molecule has 0 radical (unpaired) electrons. The standard InChI is InChI=1S/C12H13F3N6O/c1-20(10-8-9(17-5-16-8)18-6-19-10)7-2-3-21(11(7)22)4-12(13,14)15/h5-7H,2-4H2,1H3,(H,16,17,18,19). The van der Waals surface area contributed by atoms with E-state index < -0.39 is 24.7 Å². The molecule has 10 heteroatoms. The van der Waals surface area contributed by atoms with E-state index in [-0.39, 0.29) is 6.54 Å². The summed E-state index contributed by atoms with van der Waals surface area (Å²) in [5, 5.41) is 0. The maximum atomic E-state index is 12.5. The number of aromatic amines is 1. The predicted octanol–water partition coefficient (Wildman–Crippen LogP) is 0.952. The van der Waals surface area contributed by atoms with Crippen molar-refractivity contribution in [1.82, 2.24) is 24.8 Å². The van der Waals surface area contributed by atoms with Gasteiger partial charge < -0.3 is 14.8 Å². The van der Waals surface area contributed by atoms with Gasteiger partial charge in [0.1, 0.15) is 24.4 Å². The van der Waals surface area contributed by atoms with Crippen molar-refractivity contribution >= 4 is 22.9 Å². The molecule has 118 valence electrons. The number of likely N-dealkylation sites (tertiary alicyclic amines) is 1. The summed E-state index contributed by atoms with van der Waals surface area (Å²) in [5.74, 6) is -0.110. The summed E-state index contributed by atoms with van der Waals surface area (Å²) in [6.45, 7) is -1.15. The SMILES string of the molecule is CN(c1ncnc2nc[nH]c12)C1CCN(CC(F)(F)F)C1=O. The third-order valence-electron chi connectivity index (χ3n) is 3.64. The molecule has 7 nitrogen and oxygen atoms in total. The van der Waals surface area contributed by atoms with Crippen molar-refractivity contribution in [3.63, 3.8) is 0 Å². The molecule has 3 heterocycles. The Labute approximate surface area is 123 Å². The first kappa shape index (κ1) is 14.5. The zero-order valence-electron chi connectivity index (χ0n) is 11.6. The van der Waals surface area contributed by atoms with Crippen LogP contribution >= 0.6 is 0 Å². The Morgan fingerprint density at radius 3 is 2.91 bits per heavy atom. The van der Waals surface area contributed by atoms with Crippen LogP contribution < -0.4 is 4.90 Å². The number of aromatic nitrogens is 4. The molecule has 2 aromatic rings. The van der Waals surface area contributed by atoms with Gasteiger partial charge in [0.25, 0.3) is 0 Å². The third-order valence-corrected chi connectivity index (χ3v) is 3.64. The Hall–Kier alpha value is -2.39. The Bertz CT molecular complexity index is 699. The van der Waals surface area contributed by atoms with E-state index in [4.69, 9.17) is 0 Å². The van der Waals surface area contributed by atoms with Crippen molar-refractivity contribution in [2.45, 2.75) is 18.6 Å². The lowest BCUT2D eigenvalue weighted by atomic mass is 10.2. The average molecular weight is 314 g/mol. The summed E-state index contributed by atoms with van der Waals surface area (Å²) in [7, 11) is 1.63. The number of rotatable bonds is 3. The lowest BCUT2D eigenvalue weighted by Gasteiger charge is -2.25. The number of carbonyl (C=O) groups excluding carboxylic acids is 1. The minimum atomic E-state index is -4.39. The van der Waals surface area contributed by atoms with E-state index in [9.17, 15) is 18.0 Å². The quantitative estimate of drug-likeness (QED) is 0.913. The van der Waals surface area contributed by atoms with Crippen molar-refractivity contribution < 1.29 is 18.0 Å². The van der Waals surface area contributed by atoms with Crippen molar-refractivity contribution in [2.75, 3.05) is 25.0 Å². The van der Waals surface area contributed by atoms with Crippen LogP contribution in [0.2, 0.25) is 0 Å². The summed E-state index contributed by atoms with van der Waals surface area (Å²) < 4.78 is 37.4. The summed E-state index contributed by atoms with van der Waals surface area (Å²) in [4.78, 5) is 29.5. The van der Waals surface area contributed by atoms with Gasteiger partial charge in [-0.05, 0) is 6.42 Å². The van der Waals surface area contributed by atoms with Crippen LogP contribution in [0.1, 0.15) is 6.42 Å². The number of H-pyrrole nitrogens is 1. The zero-order chi connectivity index (χ0) is 15.9. The maximum Gasteiger partial charge on any atom is 0.406 e. The lowest BCUT2D eigenvalue weighted by molar-refractivity contribution is -0.157. The Morgan fingerprint density at radius 2 is 2.18 bits per heavy atom. The maximum absolute atomic E-state index is 12.5. The number of anilines is 1. The Kier molecular flexibility index (Phi) is 3.38. The van der Waals surface area contributed by atoms with Gasteiger partial charge in [0.05, 0.1) is 6.33 Å². The topological polar surface area (TPSA) is 78.0 Å². The van der Waals surface area contributed by atoms with Crippen molar-refractivity contribution in [1.29, 1.82) is 0 Å². The van der Waals surface area contributed by atoms with Gasteiger partial charge in [-0.25, -0.2) is 15.0 Å². The normalized spacial score (nSPS) is 19.2. The molecule has 1 amide bonds. The number of nitrogens with one attached hydrogen (secondary N) is 1. The predicted molar refractivity (Wildman–Crippen MR) is 71.1 cm³/mol. The summed E-state index contributed by atoms with van der Waals surface area (Å²) in [6, 6.07) is -0.677. The fraction of sp³-hybridized carbons (Fsp3) is 0.500. The first-order valence-corrected chi connectivity index (χ1v) is 6.59. The zero-order valence-corrected chi connectivity index (χ0v) is 11.6. The second-order valence-electron chi connectivity index (χ2n) is 5.09. The van der Waals surface area contributed by atoms with Crippen LogP contribution in [0.3, 0.4) is 0 Å². The number of hydrogen-bond donors (Lipinski definition) is 1. The fourth-order valence-corrected chi connectivity index (χ4v) is 2.62. The minimum absolute atomic E-state index is 0.0740. The number of carbonyl (C=O) groups is 1. The van der Waals surface area contributed by atoms with E-state index in [1.165, 1.54) is 12.7 Å². The molecule has 0 aromatic carbocycles. The number of amides is 1. The smallest absolute Gasteiger partial charge is 0.346 e. The number of hydrogen-bond acceptors (Lipinski definition) is 5. The van der Waals surface area contributed by atoms with Crippen LogP contribution in [-0.2, 0) is 4.79 Å². The van der Waals surface area contributed by atoms with Crippen LogP contribution in [0.25, 0.3) is 11.2 Å². The third kappa shape index (κ3) is 2.55. The van der Waals surface area contributed by atoms with Crippen LogP contribution in [0, 0.1) is 0 Å². The number of alkyl halides is 3. The Balaban J connectivity index is 1.83. The summed E-state index contributed by atoms with van der Waals surface area (Å²) in [6.07, 6.45) is -1.33. The first-order chi connectivity index (χ1) is 10.4. The van der Waals surface area contributed by atoms with Gasteiger partial charge in [0, 0.05) is 13.6 Å². The highest BCUT2D eigenvalue weighted by Crippen LogP contribution is 2.27. The molecule has 0 aliphatic carbocycles. The van der Waals surface area contributed by atoms with Crippen molar-refractivity contribution in [2.24, 2.45) is 0 Å². The van der Waals surface area contributed by atoms with E-state index in [0.29, 0.717) is 23.4 Å². The highest BCUT2D eigenvalue weighted by Gasteiger charge is 2.41. The molecule has 1 N–H and O–H groups in total. The number of halogens is 3. The largest absolute Gasteiger partial charge is 0.406 e. The summed E-state index contributed by atoms with van der Waals surface area (Å²) in [5.41, 5.74) is 0.988. The molecular weight excluding hydrogens is 301 g/mol. The molecule has 22 heavy (non-hydrogen) atoms. The van der Waals surface area contributed by atoms with Gasteiger partial charge in [-0.15, -0.1) is 0 Å². The van der Waals surface area contributed by atoms with Crippen LogP contribution in [0.15, 0.2) is 12.7 Å². The van der Waals surface area contributed by atoms with Crippen molar-refractivity contribution in [3.05, 3.63) is 12.7 Å². The monoisotopic (exact) mass is 314 g/mol. The first-order valence-electron chi connectivity index (χ1n) is 6.59. The number of likely N-dealkylation sites (N-methyl/N-ethyl adjacent to an activating group) is 1. The Morgan fingerprint density at radius 1 is 1.41 bits per heavy atom. The van der Waals surface area contributed by atoms with Crippen LogP contribution in [-0.4, -0.2) is 63.1 Å². The van der Waals surface area contributed by atoms with Crippen LogP contribution in [0.4, 0.5) is 19.0 Å². The molecule has 1 fully saturated rings. The number of nitrogens with zero attached hydrogens (tertiary/aromatic N) is 5.